The molecule has 0 saturated carbocycles. The minimum Gasteiger partial charge on any atom is -0.450 e. The number of nitrogens with one attached hydrogen (secondary N) is 1. The first-order chi connectivity index (χ1) is 12.0. The summed E-state index contributed by atoms with van der Waals surface area (Å²) in [4.78, 5) is 23.8. The molecule has 5 nitrogen and oxygen atoms in total. The number of fused-ring (bicyclic) bond motifs is 1. The molecule has 1 heterocycles. The Kier molecular flexibility index (Phi) is 5.19. The highest BCUT2D eigenvalue weighted by Gasteiger charge is 2.15. The predicted molar refractivity (Wildman–Crippen MR) is 97.2 cm³/mol. The standard InChI is InChI=1S/C19H16BrNO4/c1-12(14-7-6-13-4-2-3-5-15(13)10-14)21-18(22)11-24-19(23)16-8-9-17(20)25-16/h2-10,12H,11H2,1H3,(H,21,22). The molecular formula is C19H16BrNO4. The summed E-state index contributed by atoms with van der Waals surface area (Å²) in [6.45, 7) is 1.52. The maximum absolute atomic E-state index is 12.0. The van der Waals surface area contributed by atoms with E-state index in [0.717, 1.165) is 16.3 Å². The highest BCUT2D eigenvalue weighted by Crippen LogP contribution is 2.20. The lowest BCUT2D eigenvalue weighted by Gasteiger charge is -2.15. The third kappa shape index (κ3) is 4.28. The quantitative estimate of drug-likeness (QED) is 0.649. The average molecular weight is 402 g/mol. The van der Waals surface area contributed by atoms with Gasteiger partial charge in [0.25, 0.3) is 5.91 Å². The molecule has 1 atom stereocenters. The van der Waals surface area contributed by atoms with Gasteiger partial charge in [0.1, 0.15) is 0 Å². The average Bonchev–Trinajstić information content (AvgIpc) is 3.05. The SMILES string of the molecule is CC(NC(=O)COC(=O)c1ccc(Br)o1)c1ccc2ccccc2c1. The van der Waals surface area contributed by atoms with Gasteiger partial charge >= 0.3 is 5.97 Å². The molecule has 0 spiro atoms. The van der Waals surface area contributed by atoms with Crippen molar-refractivity contribution in [1.82, 2.24) is 5.32 Å². The smallest absolute Gasteiger partial charge is 0.374 e. The molecule has 25 heavy (non-hydrogen) atoms. The molecule has 0 fully saturated rings. The number of ether oxygens (including phenoxy) is 1. The molecule has 0 aliphatic carbocycles. The molecule has 3 aromatic rings. The zero-order chi connectivity index (χ0) is 17.8. The van der Waals surface area contributed by atoms with Crippen molar-refractivity contribution in [1.29, 1.82) is 0 Å². The van der Waals surface area contributed by atoms with E-state index in [9.17, 15) is 9.59 Å². The zero-order valence-electron chi connectivity index (χ0n) is 13.5. The van der Waals surface area contributed by atoms with Gasteiger partial charge in [0.2, 0.25) is 5.76 Å². The normalized spacial score (nSPS) is 11.9. The third-order valence-electron chi connectivity index (χ3n) is 3.76. The Morgan fingerprint density at radius 2 is 1.88 bits per heavy atom. The lowest BCUT2D eigenvalue weighted by molar-refractivity contribution is -0.124. The van der Waals surface area contributed by atoms with Crippen molar-refractivity contribution in [2.45, 2.75) is 13.0 Å². The summed E-state index contributed by atoms with van der Waals surface area (Å²) < 4.78 is 10.4. The van der Waals surface area contributed by atoms with E-state index in [1.807, 2.05) is 49.4 Å². The Hall–Kier alpha value is -2.60. The first-order valence-corrected chi connectivity index (χ1v) is 8.53. The van der Waals surface area contributed by atoms with Crippen molar-refractivity contribution in [3.8, 4) is 0 Å². The molecule has 0 radical (unpaired) electrons. The van der Waals surface area contributed by atoms with Crippen LogP contribution in [0.15, 0.2) is 63.7 Å². The molecule has 0 aliphatic heterocycles. The van der Waals surface area contributed by atoms with Crippen LogP contribution in [0.5, 0.6) is 0 Å². The van der Waals surface area contributed by atoms with Gasteiger partial charge in [0.15, 0.2) is 11.3 Å². The van der Waals surface area contributed by atoms with E-state index in [2.05, 4.69) is 21.2 Å². The van der Waals surface area contributed by atoms with Crippen molar-refractivity contribution in [2.75, 3.05) is 6.61 Å². The summed E-state index contributed by atoms with van der Waals surface area (Å²) in [5, 5.41) is 5.07. The van der Waals surface area contributed by atoms with Gasteiger partial charge in [-0.05, 0) is 57.4 Å². The van der Waals surface area contributed by atoms with Crippen LogP contribution in [0.1, 0.15) is 29.1 Å². The molecule has 0 bridgehead atoms. The fraction of sp³-hybridized carbons (Fsp3) is 0.158. The van der Waals surface area contributed by atoms with Crippen LogP contribution in [0.3, 0.4) is 0 Å². The van der Waals surface area contributed by atoms with Crippen LogP contribution in [0.2, 0.25) is 0 Å². The summed E-state index contributed by atoms with van der Waals surface area (Å²) in [5.41, 5.74) is 0.980. The lowest BCUT2D eigenvalue weighted by Crippen LogP contribution is -2.31. The zero-order valence-corrected chi connectivity index (χ0v) is 15.1. The van der Waals surface area contributed by atoms with E-state index in [1.54, 1.807) is 6.07 Å². The van der Waals surface area contributed by atoms with Gasteiger partial charge in [-0.2, -0.15) is 0 Å². The second kappa shape index (κ2) is 7.53. The van der Waals surface area contributed by atoms with Crippen LogP contribution in [0, 0.1) is 0 Å². The Bertz CT molecular complexity index is 918. The van der Waals surface area contributed by atoms with Gasteiger partial charge in [0.05, 0.1) is 6.04 Å². The van der Waals surface area contributed by atoms with Crippen LogP contribution in [-0.4, -0.2) is 18.5 Å². The van der Waals surface area contributed by atoms with E-state index in [1.165, 1.54) is 6.07 Å². The summed E-state index contributed by atoms with van der Waals surface area (Å²) in [6, 6.07) is 16.9. The van der Waals surface area contributed by atoms with Crippen LogP contribution < -0.4 is 5.32 Å². The van der Waals surface area contributed by atoms with Crippen molar-refractivity contribution in [3.63, 3.8) is 0 Å². The molecule has 3 rings (SSSR count). The molecule has 1 aromatic heterocycles. The Morgan fingerprint density at radius 1 is 1.12 bits per heavy atom. The number of hydrogen-bond donors (Lipinski definition) is 1. The second-order valence-corrected chi connectivity index (χ2v) is 6.36. The van der Waals surface area contributed by atoms with Gasteiger partial charge in [-0.15, -0.1) is 0 Å². The Labute approximate surface area is 153 Å². The number of amides is 1. The van der Waals surface area contributed by atoms with Gasteiger partial charge < -0.3 is 14.5 Å². The molecule has 1 N–H and O–H groups in total. The summed E-state index contributed by atoms with van der Waals surface area (Å²) >= 11 is 3.10. The number of carbonyl (C=O) groups is 2. The van der Waals surface area contributed by atoms with Crippen molar-refractivity contribution in [2.24, 2.45) is 0 Å². The molecule has 1 amide bonds. The molecule has 0 saturated heterocycles. The van der Waals surface area contributed by atoms with E-state index >= 15 is 0 Å². The van der Waals surface area contributed by atoms with Gasteiger partial charge in [0, 0.05) is 0 Å². The van der Waals surface area contributed by atoms with Crippen molar-refractivity contribution >= 4 is 38.6 Å². The number of rotatable bonds is 5. The first-order valence-electron chi connectivity index (χ1n) is 7.73. The number of furan rings is 1. The fourth-order valence-corrected chi connectivity index (χ4v) is 2.78. The Balaban J connectivity index is 1.57. The number of carbonyl (C=O) groups excluding carboxylic acids is 2. The molecule has 0 aliphatic rings. The second-order valence-electron chi connectivity index (χ2n) is 5.58. The van der Waals surface area contributed by atoms with E-state index < -0.39 is 5.97 Å². The summed E-state index contributed by atoms with van der Waals surface area (Å²) in [6.07, 6.45) is 0. The monoisotopic (exact) mass is 401 g/mol. The topological polar surface area (TPSA) is 68.5 Å². The molecule has 1 unspecified atom stereocenters. The largest absolute Gasteiger partial charge is 0.450 e. The van der Waals surface area contributed by atoms with Gasteiger partial charge in [-0.3, -0.25) is 4.79 Å². The lowest BCUT2D eigenvalue weighted by atomic mass is 10.0. The number of hydrogen-bond acceptors (Lipinski definition) is 4. The van der Waals surface area contributed by atoms with Crippen molar-refractivity contribution in [3.05, 3.63) is 70.6 Å². The predicted octanol–water partition coefficient (Wildman–Crippen LogP) is 4.23. The van der Waals surface area contributed by atoms with Crippen LogP contribution in [0.4, 0.5) is 0 Å². The van der Waals surface area contributed by atoms with Crippen LogP contribution in [0.25, 0.3) is 10.8 Å². The molecule has 6 heteroatoms. The molecular weight excluding hydrogens is 386 g/mol. The van der Waals surface area contributed by atoms with Crippen LogP contribution >= 0.6 is 15.9 Å². The maximum atomic E-state index is 12.0. The highest BCUT2D eigenvalue weighted by atomic mass is 79.9. The minimum absolute atomic E-state index is 0.0438. The van der Waals surface area contributed by atoms with E-state index in [4.69, 9.17) is 9.15 Å². The maximum Gasteiger partial charge on any atom is 0.374 e. The number of halogens is 1. The minimum atomic E-state index is -0.681. The number of benzene rings is 2. The van der Waals surface area contributed by atoms with Gasteiger partial charge in [-0.1, -0.05) is 36.4 Å². The molecule has 128 valence electrons. The fourth-order valence-electron chi connectivity index (χ4n) is 2.47. The van der Waals surface area contributed by atoms with Crippen molar-refractivity contribution < 1.29 is 18.7 Å². The highest BCUT2D eigenvalue weighted by molar-refractivity contribution is 9.10. The third-order valence-corrected chi connectivity index (χ3v) is 4.19. The summed E-state index contributed by atoms with van der Waals surface area (Å²) in [5.74, 6) is -1.01. The number of esters is 1. The van der Waals surface area contributed by atoms with Gasteiger partial charge in [-0.25, -0.2) is 4.79 Å². The van der Waals surface area contributed by atoms with E-state index in [0.29, 0.717) is 4.67 Å². The summed E-state index contributed by atoms with van der Waals surface area (Å²) in [7, 11) is 0. The molecule has 2 aromatic carbocycles. The van der Waals surface area contributed by atoms with E-state index in [-0.39, 0.29) is 24.3 Å². The Morgan fingerprint density at radius 3 is 2.60 bits per heavy atom. The van der Waals surface area contributed by atoms with Crippen LogP contribution in [-0.2, 0) is 9.53 Å². The first kappa shape index (κ1) is 17.2.